The molecule has 6 heteroatoms. The lowest BCUT2D eigenvalue weighted by molar-refractivity contribution is 0.315. The molecule has 4 nitrogen and oxygen atoms in total. The Balaban J connectivity index is 1.63. The van der Waals surface area contributed by atoms with Crippen LogP contribution in [0.15, 0.2) is 42.0 Å². The van der Waals surface area contributed by atoms with Gasteiger partial charge in [0.05, 0.1) is 22.6 Å². The minimum Gasteiger partial charge on any atom is -0.296 e. The summed E-state index contributed by atoms with van der Waals surface area (Å²) in [7, 11) is 2.06. The first-order valence-corrected chi connectivity index (χ1v) is 8.81. The van der Waals surface area contributed by atoms with Gasteiger partial charge in [-0.1, -0.05) is 19.9 Å². The van der Waals surface area contributed by atoms with E-state index in [1.54, 1.807) is 22.1 Å². The van der Waals surface area contributed by atoms with Gasteiger partial charge < -0.3 is 0 Å². The van der Waals surface area contributed by atoms with Crippen LogP contribution in [-0.2, 0) is 13.1 Å². The summed E-state index contributed by atoms with van der Waals surface area (Å²) in [5.41, 5.74) is 2.91. The lowest BCUT2D eigenvalue weighted by atomic mass is 10.2. The normalized spacial score (nSPS) is 11.6. The van der Waals surface area contributed by atoms with Crippen molar-refractivity contribution in [2.45, 2.75) is 32.9 Å². The second kappa shape index (κ2) is 7.23. The van der Waals surface area contributed by atoms with E-state index in [1.165, 1.54) is 17.1 Å². The van der Waals surface area contributed by atoms with E-state index < -0.39 is 0 Å². The van der Waals surface area contributed by atoms with Crippen LogP contribution >= 0.6 is 11.3 Å². The van der Waals surface area contributed by atoms with Gasteiger partial charge in [-0.25, -0.2) is 14.1 Å². The molecule has 0 amide bonds. The van der Waals surface area contributed by atoms with Gasteiger partial charge in [-0.15, -0.1) is 11.3 Å². The van der Waals surface area contributed by atoms with Crippen molar-refractivity contribution in [2.75, 3.05) is 7.05 Å². The first-order chi connectivity index (χ1) is 11.5. The quantitative estimate of drug-likeness (QED) is 0.671. The Morgan fingerprint density at radius 2 is 2.12 bits per heavy atom. The molecule has 24 heavy (non-hydrogen) atoms. The van der Waals surface area contributed by atoms with Crippen LogP contribution in [0.1, 0.15) is 36.0 Å². The lowest BCUT2D eigenvalue weighted by Gasteiger charge is -2.13. The molecule has 2 heterocycles. The molecule has 0 saturated carbocycles. The Labute approximate surface area is 145 Å². The van der Waals surface area contributed by atoms with Gasteiger partial charge in [-0.3, -0.25) is 4.90 Å². The van der Waals surface area contributed by atoms with E-state index in [2.05, 4.69) is 41.3 Å². The Morgan fingerprint density at radius 1 is 1.29 bits per heavy atom. The molecule has 3 rings (SSSR count). The van der Waals surface area contributed by atoms with E-state index in [4.69, 9.17) is 0 Å². The summed E-state index contributed by atoms with van der Waals surface area (Å²) in [4.78, 5) is 6.87. The molecule has 0 aliphatic heterocycles. The Kier molecular flexibility index (Phi) is 5.06. The summed E-state index contributed by atoms with van der Waals surface area (Å²) in [5.74, 6) is 0.213. The fourth-order valence-corrected chi connectivity index (χ4v) is 3.33. The van der Waals surface area contributed by atoms with E-state index in [0.717, 1.165) is 30.0 Å². The van der Waals surface area contributed by atoms with Crippen LogP contribution in [0.5, 0.6) is 0 Å². The van der Waals surface area contributed by atoms with Crippen LogP contribution < -0.4 is 0 Å². The maximum Gasteiger partial charge on any atom is 0.125 e. The number of nitrogens with zero attached hydrogens (tertiary/aromatic N) is 4. The molecule has 0 radical (unpaired) electrons. The molecule has 0 atom stereocenters. The second-order valence-corrected chi connectivity index (χ2v) is 7.17. The third kappa shape index (κ3) is 4.07. The van der Waals surface area contributed by atoms with Crippen LogP contribution in [0.2, 0.25) is 0 Å². The van der Waals surface area contributed by atoms with Gasteiger partial charge >= 0.3 is 0 Å². The number of aromatic nitrogens is 3. The highest BCUT2D eigenvalue weighted by Gasteiger charge is 2.10. The topological polar surface area (TPSA) is 34.0 Å². The smallest absolute Gasteiger partial charge is 0.125 e. The van der Waals surface area contributed by atoms with Gasteiger partial charge in [0.25, 0.3) is 0 Å². The third-order valence-corrected chi connectivity index (χ3v) is 4.85. The van der Waals surface area contributed by atoms with Crippen molar-refractivity contribution >= 4 is 11.3 Å². The van der Waals surface area contributed by atoms with Crippen molar-refractivity contribution in [1.29, 1.82) is 0 Å². The highest BCUT2D eigenvalue weighted by Crippen LogP contribution is 2.20. The molecule has 0 spiro atoms. The van der Waals surface area contributed by atoms with Crippen molar-refractivity contribution in [3.05, 3.63) is 64.1 Å². The predicted molar refractivity (Wildman–Crippen MR) is 94.9 cm³/mol. The Bertz CT molecular complexity index is 809. The van der Waals surface area contributed by atoms with Crippen molar-refractivity contribution < 1.29 is 4.39 Å². The van der Waals surface area contributed by atoms with E-state index in [0.29, 0.717) is 5.92 Å². The minimum atomic E-state index is -0.258. The molecule has 0 saturated heterocycles. The standard InChI is InChI=1S/C18H21FN4S/c1-13(2)18-21-16(12-24-18)11-22(3)9-14-8-20-23(10-14)17-6-4-5-15(19)7-17/h4-8,10,12-13H,9,11H2,1-3H3. The third-order valence-electron chi connectivity index (χ3n) is 3.66. The zero-order chi connectivity index (χ0) is 17.1. The molecule has 0 N–H and O–H groups in total. The van der Waals surface area contributed by atoms with Crippen LogP contribution in [0.3, 0.4) is 0 Å². The largest absolute Gasteiger partial charge is 0.296 e. The average Bonchev–Trinajstić information content (AvgIpc) is 3.17. The molecule has 0 fully saturated rings. The predicted octanol–water partition coefficient (Wildman–Crippen LogP) is 4.22. The number of hydrogen-bond acceptors (Lipinski definition) is 4. The highest BCUT2D eigenvalue weighted by molar-refractivity contribution is 7.09. The van der Waals surface area contributed by atoms with Gasteiger partial charge in [0.1, 0.15) is 5.82 Å². The Morgan fingerprint density at radius 3 is 2.83 bits per heavy atom. The van der Waals surface area contributed by atoms with Crippen molar-refractivity contribution in [1.82, 2.24) is 19.7 Å². The fraction of sp³-hybridized carbons (Fsp3) is 0.333. The van der Waals surface area contributed by atoms with E-state index in [9.17, 15) is 4.39 Å². The highest BCUT2D eigenvalue weighted by atomic mass is 32.1. The molecular weight excluding hydrogens is 323 g/mol. The zero-order valence-corrected chi connectivity index (χ0v) is 14.9. The zero-order valence-electron chi connectivity index (χ0n) is 14.1. The first kappa shape index (κ1) is 16.8. The summed E-state index contributed by atoms with van der Waals surface area (Å²) in [6, 6.07) is 6.43. The molecule has 1 aromatic carbocycles. The number of thiazole rings is 1. The molecule has 0 aliphatic carbocycles. The molecule has 0 bridgehead atoms. The van der Waals surface area contributed by atoms with E-state index in [1.807, 2.05) is 18.5 Å². The summed E-state index contributed by atoms with van der Waals surface area (Å²) in [6.45, 7) is 5.89. The van der Waals surface area contributed by atoms with Gasteiger partial charge in [-0.2, -0.15) is 5.10 Å². The summed E-state index contributed by atoms with van der Waals surface area (Å²) >= 11 is 1.72. The van der Waals surface area contributed by atoms with Gasteiger partial charge in [-0.05, 0) is 25.2 Å². The molecule has 3 aromatic rings. The van der Waals surface area contributed by atoms with Crippen LogP contribution in [0.25, 0.3) is 5.69 Å². The van der Waals surface area contributed by atoms with Crippen LogP contribution in [-0.4, -0.2) is 26.7 Å². The Hall–Kier alpha value is -2.05. The maximum atomic E-state index is 13.3. The van der Waals surface area contributed by atoms with Crippen molar-refractivity contribution in [2.24, 2.45) is 0 Å². The molecule has 126 valence electrons. The SMILES string of the molecule is CC(C)c1nc(CN(C)Cc2cnn(-c3cccc(F)c3)c2)cs1. The molecule has 2 aromatic heterocycles. The first-order valence-electron chi connectivity index (χ1n) is 7.93. The number of halogens is 1. The maximum absolute atomic E-state index is 13.3. The minimum absolute atomic E-state index is 0.258. The van der Waals surface area contributed by atoms with Crippen molar-refractivity contribution in [3.63, 3.8) is 0 Å². The molecular formula is C18H21FN4S. The lowest BCUT2D eigenvalue weighted by Crippen LogP contribution is -2.17. The molecule has 0 unspecified atom stereocenters. The van der Waals surface area contributed by atoms with Crippen LogP contribution in [0.4, 0.5) is 4.39 Å². The van der Waals surface area contributed by atoms with Crippen molar-refractivity contribution in [3.8, 4) is 5.69 Å². The monoisotopic (exact) mass is 344 g/mol. The van der Waals surface area contributed by atoms with E-state index in [-0.39, 0.29) is 5.82 Å². The fourth-order valence-electron chi connectivity index (χ4n) is 2.51. The summed E-state index contributed by atoms with van der Waals surface area (Å²) < 4.78 is 15.0. The van der Waals surface area contributed by atoms with Crippen LogP contribution in [0, 0.1) is 5.82 Å². The number of hydrogen-bond donors (Lipinski definition) is 0. The molecule has 0 aliphatic rings. The summed E-state index contributed by atoms with van der Waals surface area (Å²) in [6.07, 6.45) is 3.76. The van der Waals surface area contributed by atoms with Gasteiger partial charge in [0.15, 0.2) is 0 Å². The van der Waals surface area contributed by atoms with Gasteiger partial charge in [0.2, 0.25) is 0 Å². The van der Waals surface area contributed by atoms with E-state index >= 15 is 0 Å². The average molecular weight is 344 g/mol. The number of rotatable bonds is 6. The number of benzene rings is 1. The second-order valence-electron chi connectivity index (χ2n) is 6.28. The van der Waals surface area contributed by atoms with Gasteiger partial charge in [0, 0.05) is 36.1 Å². The summed E-state index contributed by atoms with van der Waals surface area (Å²) in [5, 5.41) is 7.63.